The molecule has 7 rings (SSSR count). The Labute approximate surface area is 247 Å². The summed E-state index contributed by atoms with van der Waals surface area (Å²) in [5.74, 6) is 1.27. The third-order valence-electron chi connectivity index (χ3n) is 7.95. The Bertz CT molecular complexity index is 1990. The first-order valence-electron chi connectivity index (χ1n) is 14.1. The van der Waals surface area contributed by atoms with Gasteiger partial charge in [0, 0.05) is 41.5 Å². The molecule has 212 valence electrons. The number of aromatic nitrogens is 4. The van der Waals surface area contributed by atoms with Gasteiger partial charge in [-0.1, -0.05) is 42.5 Å². The number of amides is 2. The first-order valence-corrected chi connectivity index (χ1v) is 14.1. The van der Waals surface area contributed by atoms with Gasteiger partial charge in [-0.15, -0.1) is 0 Å². The van der Waals surface area contributed by atoms with E-state index in [9.17, 15) is 9.59 Å². The molecule has 0 saturated heterocycles. The van der Waals surface area contributed by atoms with Gasteiger partial charge in [0.25, 0.3) is 11.8 Å². The van der Waals surface area contributed by atoms with E-state index in [0.29, 0.717) is 39.5 Å². The van der Waals surface area contributed by atoms with Crippen molar-refractivity contribution < 1.29 is 14.0 Å². The normalized spacial score (nSPS) is 13.5. The maximum Gasteiger partial charge on any atom is 0.255 e. The highest BCUT2D eigenvalue weighted by atomic mass is 16.3. The number of carbonyl (C=O) groups excluding carboxylic acids is 2. The lowest BCUT2D eigenvalue weighted by atomic mass is 9.95. The summed E-state index contributed by atoms with van der Waals surface area (Å²) >= 11 is 0. The van der Waals surface area contributed by atoms with E-state index in [2.05, 4.69) is 30.8 Å². The van der Waals surface area contributed by atoms with Crippen LogP contribution in [-0.2, 0) is 5.54 Å². The Kier molecular flexibility index (Phi) is 6.35. The van der Waals surface area contributed by atoms with Crippen molar-refractivity contribution >= 4 is 22.8 Å². The number of furan rings is 1. The summed E-state index contributed by atoms with van der Waals surface area (Å²) < 4.78 is 6.18. The van der Waals surface area contributed by atoms with E-state index < -0.39 is 5.54 Å². The van der Waals surface area contributed by atoms with Gasteiger partial charge < -0.3 is 15.1 Å². The lowest BCUT2D eigenvalue weighted by Crippen LogP contribution is -2.35. The standard InChI is InChI=1S/C34H28N6O3/c1-20-10-11-23(31(41)38-34(14-15-34)33-37-30(39-40-33)24-9-6-16-36-19-24)18-25(20)22-12-13-27-26(17-22)28(32(42)35-2)29(43-27)21-7-4-3-5-8-21/h3-13,16-19H,14-15H2,1-2H3,(H,35,42)(H,38,41)(H,37,39,40). The maximum absolute atomic E-state index is 13.5. The average molecular weight is 569 g/mol. The number of hydrogen-bond donors (Lipinski definition) is 3. The number of nitrogens with zero attached hydrogens (tertiary/aromatic N) is 3. The lowest BCUT2D eigenvalue weighted by molar-refractivity contribution is 0.0927. The van der Waals surface area contributed by atoms with Gasteiger partial charge in [-0.2, -0.15) is 5.10 Å². The molecule has 0 atom stereocenters. The fourth-order valence-corrected chi connectivity index (χ4v) is 5.42. The van der Waals surface area contributed by atoms with Crippen LogP contribution < -0.4 is 10.6 Å². The molecule has 3 aromatic heterocycles. The SMILES string of the molecule is CNC(=O)c1c(-c2ccccc2)oc2ccc(-c3cc(C(=O)NC4(c5nc(-c6cccnc6)n[nH]5)CC4)ccc3C)cc12. The molecular weight excluding hydrogens is 540 g/mol. The van der Waals surface area contributed by atoms with E-state index in [-0.39, 0.29) is 11.8 Å². The molecule has 1 aliphatic rings. The summed E-state index contributed by atoms with van der Waals surface area (Å²) in [5, 5.41) is 14.0. The quantitative estimate of drug-likeness (QED) is 0.216. The lowest BCUT2D eigenvalue weighted by Gasteiger charge is -2.16. The fraction of sp³-hybridized carbons (Fsp3) is 0.147. The van der Waals surface area contributed by atoms with Crippen LogP contribution in [0.25, 0.3) is 44.8 Å². The highest BCUT2D eigenvalue weighted by molar-refractivity contribution is 6.12. The van der Waals surface area contributed by atoms with Crippen LogP contribution in [0, 0.1) is 6.92 Å². The molecule has 1 saturated carbocycles. The minimum absolute atomic E-state index is 0.195. The van der Waals surface area contributed by atoms with Crippen molar-refractivity contribution in [2.75, 3.05) is 7.05 Å². The highest BCUT2D eigenvalue weighted by Crippen LogP contribution is 2.44. The van der Waals surface area contributed by atoms with Crippen LogP contribution in [0.5, 0.6) is 0 Å². The third kappa shape index (κ3) is 4.74. The Morgan fingerprint density at radius 3 is 2.47 bits per heavy atom. The van der Waals surface area contributed by atoms with Gasteiger partial charge in [0.2, 0.25) is 0 Å². The molecule has 1 aliphatic carbocycles. The summed E-state index contributed by atoms with van der Waals surface area (Å²) in [5.41, 5.74) is 5.44. The van der Waals surface area contributed by atoms with Gasteiger partial charge >= 0.3 is 0 Å². The minimum atomic E-state index is -0.582. The summed E-state index contributed by atoms with van der Waals surface area (Å²) in [6.07, 6.45) is 4.94. The Morgan fingerprint density at radius 2 is 1.72 bits per heavy atom. The number of pyridine rings is 1. The van der Waals surface area contributed by atoms with Gasteiger partial charge in [0.05, 0.1) is 11.1 Å². The number of nitrogens with one attached hydrogen (secondary N) is 3. The number of aromatic amines is 1. The molecule has 9 heteroatoms. The molecule has 43 heavy (non-hydrogen) atoms. The van der Waals surface area contributed by atoms with Crippen molar-refractivity contribution in [3.8, 4) is 33.8 Å². The van der Waals surface area contributed by atoms with Crippen LogP contribution in [0.3, 0.4) is 0 Å². The predicted octanol–water partition coefficient (Wildman–Crippen LogP) is 6.03. The summed E-state index contributed by atoms with van der Waals surface area (Å²) in [6, 6.07) is 24.7. The second kappa shape index (κ2) is 10.4. The van der Waals surface area contributed by atoms with Crippen molar-refractivity contribution in [1.29, 1.82) is 0 Å². The number of benzene rings is 3. The van der Waals surface area contributed by atoms with Crippen molar-refractivity contribution in [3.63, 3.8) is 0 Å². The van der Waals surface area contributed by atoms with Gasteiger partial charge in [-0.05, 0) is 72.9 Å². The molecule has 3 aromatic carbocycles. The number of carbonyl (C=O) groups is 2. The Morgan fingerprint density at radius 1 is 0.907 bits per heavy atom. The molecule has 0 unspecified atom stereocenters. The first-order chi connectivity index (χ1) is 21.0. The largest absolute Gasteiger partial charge is 0.455 e. The smallest absolute Gasteiger partial charge is 0.255 e. The molecule has 6 aromatic rings. The van der Waals surface area contributed by atoms with E-state index in [1.807, 2.05) is 85.8 Å². The zero-order valence-corrected chi connectivity index (χ0v) is 23.6. The van der Waals surface area contributed by atoms with Crippen LogP contribution in [0.15, 0.2) is 95.7 Å². The molecular formula is C34H28N6O3. The summed E-state index contributed by atoms with van der Waals surface area (Å²) in [6.45, 7) is 2.00. The van der Waals surface area contributed by atoms with Crippen LogP contribution >= 0.6 is 0 Å². The summed E-state index contributed by atoms with van der Waals surface area (Å²) in [7, 11) is 1.61. The van der Waals surface area contributed by atoms with Crippen LogP contribution in [-0.4, -0.2) is 39.0 Å². The van der Waals surface area contributed by atoms with Gasteiger partial charge in [-0.3, -0.25) is 19.7 Å². The van der Waals surface area contributed by atoms with Crippen molar-refractivity contribution in [1.82, 2.24) is 30.8 Å². The van der Waals surface area contributed by atoms with E-state index in [4.69, 9.17) is 4.42 Å². The van der Waals surface area contributed by atoms with E-state index in [0.717, 1.165) is 40.7 Å². The highest BCUT2D eigenvalue weighted by Gasteiger charge is 2.49. The van der Waals surface area contributed by atoms with E-state index >= 15 is 0 Å². The number of H-pyrrole nitrogens is 1. The molecule has 9 nitrogen and oxygen atoms in total. The van der Waals surface area contributed by atoms with Crippen LogP contribution in [0.1, 0.15) is 44.9 Å². The van der Waals surface area contributed by atoms with Crippen molar-refractivity contribution in [3.05, 3.63) is 114 Å². The second-order valence-corrected chi connectivity index (χ2v) is 10.8. The average Bonchev–Trinajstić information content (AvgIpc) is 3.46. The molecule has 0 spiro atoms. The van der Waals surface area contributed by atoms with E-state index in [1.165, 1.54) is 0 Å². The zero-order chi connectivity index (χ0) is 29.6. The van der Waals surface area contributed by atoms with Crippen LogP contribution in [0.2, 0.25) is 0 Å². The Balaban J connectivity index is 1.21. The Hall–Kier alpha value is -5.57. The fourth-order valence-electron chi connectivity index (χ4n) is 5.42. The predicted molar refractivity (Wildman–Crippen MR) is 163 cm³/mol. The van der Waals surface area contributed by atoms with Crippen molar-refractivity contribution in [2.24, 2.45) is 0 Å². The molecule has 1 fully saturated rings. The molecule has 0 bridgehead atoms. The van der Waals surface area contributed by atoms with E-state index in [1.54, 1.807) is 19.4 Å². The topological polar surface area (TPSA) is 126 Å². The molecule has 3 N–H and O–H groups in total. The zero-order valence-electron chi connectivity index (χ0n) is 23.6. The first kappa shape index (κ1) is 26.3. The van der Waals surface area contributed by atoms with Gasteiger partial charge in [0.15, 0.2) is 11.6 Å². The molecule has 3 heterocycles. The van der Waals surface area contributed by atoms with Crippen LogP contribution in [0.4, 0.5) is 0 Å². The number of aryl methyl sites for hydroxylation is 1. The number of hydrogen-bond acceptors (Lipinski definition) is 6. The monoisotopic (exact) mass is 568 g/mol. The molecule has 0 aliphatic heterocycles. The molecule has 2 amide bonds. The maximum atomic E-state index is 13.5. The van der Waals surface area contributed by atoms with Gasteiger partial charge in [0.1, 0.15) is 11.3 Å². The van der Waals surface area contributed by atoms with Crippen molar-refractivity contribution in [2.45, 2.75) is 25.3 Å². The number of fused-ring (bicyclic) bond motifs is 1. The minimum Gasteiger partial charge on any atom is -0.455 e. The van der Waals surface area contributed by atoms with Gasteiger partial charge in [-0.25, -0.2) is 4.98 Å². The molecule has 0 radical (unpaired) electrons. The third-order valence-corrected chi connectivity index (χ3v) is 7.95. The summed E-state index contributed by atoms with van der Waals surface area (Å²) in [4.78, 5) is 35.4. The second-order valence-electron chi connectivity index (χ2n) is 10.8. The number of rotatable bonds is 7.